The van der Waals surface area contributed by atoms with E-state index in [1.54, 1.807) is 42.5 Å². The Bertz CT molecular complexity index is 1270. The Hall–Kier alpha value is -3.33. The normalized spacial score (nSPS) is 15.4. The van der Waals surface area contributed by atoms with Crippen LogP contribution in [0, 0.1) is 0 Å². The van der Waals surface area contributed by atoms with Gasteiger partial charge in [-0.3, -0.25) is 9.10 Å². The van der Waals surface area contributed by atoms with Crippen molar-refractivity contribution in [2.75, 3.05) is 29.0 Å². The van der Waals surface area contributed by atoms with E-state index in [1.807, 2.05) is 0 Å². The summed E-state index contributed by atoms with van der Waals surface area (Å²) in [4.78, 5) is 24.8. The number of carbonyl (C=O) groups excluding carboxylic acids is 1. The van der Waals surface area contributed by atoms with Crippen LogP contribution in [0.5, 0.6) is 5.75 Å². The minimum atomic E-state index is -3.33. The van der Waals surface area contributed by atoms with Gasteiger partial charge >= 0.3 is 5.63 Å². The maximum Gasteiger partial charge on any atom is 0.349 e. The first kappa shape index (κ1) is 19.0. The minimum Gasteiger partial charge on any atom is -0.494 e. The molecule has 150 valence electrons. The van der Waals surface area contributed by atoms with Crippen LogP contribution in [-0.4, -0.2) is 33.7 Å². The average molecular weight is 414 g/mol. The number of benzene rings is 2. The van der Waals surface area contributed by atoms with Crippen molar-refractivity contribution in [1.82, 2.24) is 0 Å². The SMILES string of the molecule is COc1cc(N2CCCS2(=O)=O)ccc1NC(=O)c1cc2ccccc2oc1=O. The molecule has 0 radical (unpaired) electrons. The van der Waals surface area contributed by atoms with Gasteiger partial charge in [-0.25, -0.2) is 13.2 Å². The Kier molecular flexibility index (Phi) is 4.75. The molecule has 9 heteroatoms. The molecule has 0 atom stereocenters. The van der Waals surface area contributed by atoms with E-state index in [4.69, 9.17) is 9.15 Å². The van der Waals surface area contributed by atoms with Crippen molar-refractivity contribution in [2.24, 2.45) is 0 Å². The molecule has 0 saturated carbocycles. The Balaban J connectivity index is 1.65. The molecular formula is C20H18N2O6S. The zero-order valence-corrected chi connectivity index (χ0v) is 16.4. The van der Waals surface area contributed by atoms with Crippen LogP contribution in [0.15, 0.2) is 57.7 Å². The number of amides is 1. The lowest BCUT2D eigenvalue weighted by molar-refractivity contribution is 0.102. The number of ether oxygens (including phenoxy) is 1. The lowest BCUT2D eigenvalue weighted by Gasteiger charge is -2.19. The summed E-state index contributed by atoms with van der Waals surface area (Å²) >= 11 is 0. The Morgan fingerprint density at radius 1 is 1.17 bits per heavy atom. The lowest BCUT2D eigenvalue weighted by Crippen LogP contribution is -2.25. The van der Waals surface area contributed by atoms with Crippen LogP contribution < -0.4 is 20.0 Å². The first-order valence-electron chi connectivity index (χ1n) is 8.92. The van der Waals surface area contributed by atoms with Crippen LogP contribution in [-0.2, 0) is 10.0 Å². The zero-order chi connectivity index (χ0) is 20.6. The number of carbonyl (C=O) groups is 1. The van der Waals surface area contributed by atoms with Gasteiger partial charge in [0.2, 0.25) is 10.0 Å². The number of fused-ring (bicyclic) bond motifs is 1. The van der Waals surface area contributed by atoms with E-state index in [2.05, 4.69) is 5.32 Å². The molecule has 2 aromatic carbocycles. The van der Waals surface area contributed by atoms with Gasteiger partial charge in [-0.2, -0.15) is 0 Å². The Morgan fingerprint density at radius 2 is 1.97 bits per heavy atom. The molecule has 1 saturated heterocycles. The van der Waals surface area contributed by atoms with Gasteiger partial charge in [0.05, 0.1) is 24.2 Å². The second-order valence-electron chi connectivity index (χ2n) is 6.57. The highest BCUT2D eigenvalue weighted by molar-refractivity contribution is 7.93. The molecule has 1 aromatic heterocycles. The third-order valence-electron chi connectivity index (χ3n) is 4.71. The maximum absolute atomic E-state index is 12.7. The van der Waals surface area contributed by atoms with Crippen molar-refractivity contribution in [1.29, 1.82) is 0 Å². The van der Waals surface area contributed by atoms with E-state index in [0.717, 1.165) is 0 Å². The van der Waals surface area contributed by atoms with Crippen molar-refractivity contribution in [2.45, 2.75) is 6.42 Å². The summed E-state index contributed by atoms with van der Waals surface area (Å²) in [7, 11) is -1.92. The van der Waals surface area contributed by atoms with Crippen molar-refractivity contribution in [3.63, 3.8) is 0 Å². The summed E-state index contributed by atoms with van der Waals surface area (Å²) in [6.45, 7) is 0.398. The second kappa shape index (κ2) is 7.25. The third-order valence-corrected chi connectivity index (χ3v) is 6.58. The summed E-state index contributed by atoms with van der Waals surface area (Å²) in [5, 5.41) is 3.25. The molecule has 1 aliphatic heterocycles. The third kappa shape index (κ3) is 3.56. The molecule has 29 heavy (non-hydrogen) atoms. The van der Waals surface area contributed by atoms with Crippen LogP contribution >= 0.6 is 0 Å². The van der Waals surface area contributed by atoms with E-state index < -0.39 is 21.6 Å². The Morgan fingerprint density at radius 3 is 2.69 bits per heavy atom. The lowest BCUT2D eigenvalue weighted by atomic mass is 10.1. The van der Waals surface area contributed by atoms with Gasteiger partial charge in [-0.1, -0.05) is 18.2 Å². The van der Waals surface area contributed by atoms with Crippen molar-refractivity contribution in [3.05, 3.63) is 64.5 Å². The van der Waals surface area contributed by atoms with Gasteiger partial charge in [0.1, 0.15) is 16.9 Å². The molecule has 1 amide bonds. The topological polar surface area (TPSA) is 106 Å². The first-order valence-corrected chi connectivity index (χ1v) is 10.5. The van der Waals surface area contributed by atoms with Gasteiger partial charge in [0.15, 0.2) is 0 Å². The predicted molar refractivity (Wildman–Crippen MR) is 109 cm³/mol. The summed E-state index contributed by atoms with van der Waals surface area (Å²) < 4.78 is 36.1. The number of sulfonamides is 1. The fourth-order valence-electron chi connectivity index (χ4n) is 3.28. The monoisotopic (exact) mass is 414 g/mol. The molecule has 1 aliphatic rings. The molecule has 1 fully saturated rings. The second-order valence-corrected chi connectivity index (χ2v) is 8.58. The van der Waals surface area contributed by atoms with E-state index >= 15 is 0 Å². The number of methoxy groups -OCH3 is 1. The van der Waals surface area contributed by atoms with Gasteiger partial charge in [0, 0.05) is 18.0 Å². The molecule has 1 N–H and O–H groups in total. The predicted octanol–water partition coefficient (Wildman–Crippen LogP) is 2.59. The zero-order valence-electron chi connectivity index (χ0n) is 15.5. The van der Waals surface area contributed by atoms with Crippen LogP contribution in [0.3, 0.4) is 0 Å². The minimum absolute atomic E-state index is 0.103. The molecule has 4 rings (SSSR count). The van der Waals surface area contributed by atoms with Crippen molar-refractivity contribution >= 4 is 38.3 Å². The van der Waals surface area contributed by atoms with Gasteiger partial charge in [-0.05, 0) is 30.7 Å². The fourth-order valence-corrected chi connectivity index (χ4v) is 4.83. The van der Waals surface area contributed by atoms with Crippen molar-refractivity contribution < 1.29 is 22.4 Å². The average Bonchev–Trinajstić information content (AvgIpc) is 3.06. The molecule has 2 heterocycles. The maximum atomic E-state index is 12.7. The number of rotatable bonds is 4. The fraction of sp³-hybridized carbons (Fsp3) is 0.200. The summed E-state index contributed by atoms with van der Waals surface area (Å²) in [5.74, 6) is -0.265. The van der Waals surface area contributed by atoms with Gasteiger partial charge in [-0.15, -0.1) is 0 Å². The molecule has 0 aliphatic carbocycles. The van der Waals surface area contributed by atoms with Crippen LogP contribution in [0.25, 0.3) is 11.0 Å². The summed E-state index contributed by atoms with van der Waals surface area (Å²) in [6, 6.07) is 13.0. The highest BCUT2D eigenvalue weighted by Gasteiger charge is 2.29. The van der Waals surface area contributed by atoms with Crippen LogP contribution in [0.1, 0.15) is 16.8 Å². The van der Waals surface area contributed by atoms with E-state index in [1.165, 1.54) is 17.5 Å². The van der Waals surface area contributed by atoms with E-state index in [0.29, 0.717) is 35.3 Å². The van der Waals surface area contributed by atoms with Gasteiger partial charge in [0.25, 0.3) is 5.91 Å². The number of hydrogen-bond acceptors (Lipinski definition) is 6. The van der Waals surface area contributed by atoms with Crippen molar-refractivity contribution in [3.8, 4) is 5.75 Å². The van der Waals surface area contributed by atoms with E-state index in [9.17, 15) is 18.0 Å². The first-order chi connectivity index (χ1) is 13.9. The molecular weight excluding hydrogens is 396 g/mol. The molecule has 0 unspecified atom stereocenters. The summed E-state index contributed by atoms with van der Waals surface area (Å²) in [5.41, 5.74) is 0.271. The standard InChI is InChI=1S/C20H18N2O6S/c1-27-18-12-14(22-9-4-10-29(22,25)26)7-8-16(18)21-19(23)15-11-13-5-2-3-6-17(13)28-20(15)24/h2-3,5-8,11-12H,4,9-10H2,1H3,(H,21,23). The van der Waals surface area contributed by atoms with Gasteiger partial charge < -0.3 is 14.5 Å². The van der Waals surface area contributed by atoms with Crippen LogP contribution in [0.4, 0.5) is 11.4 Å². The number of nitrogens with one attached hydrogen (secondary N) is 1. The number of hydrogen-bond donors (Lipinski definition) is 1. The number of para-hydroxylation sites is 1. The highest BCUT2D eigenvalue weighted by atomic mass is 32.2. The summed E-state index contributed by atoms with van der Waals surface area (Å²) in [6.07, 6.45) is 0.556. The largest absolute Gasteiger partial charge is 0.494 e. The quantitative estimate of drug-likeness (QED) is 0.658. The smallest absolute Gasteiger partial charge is 0.349 e. The number of nitrogens with zero attached hydrogens (tertiary/aromatic N) is 1. The molecule has 8 nitrogen and oxygen atoms in total. The van der Waals surface area contributed by atoms with Crippen LogP contribution in [0.2, 0.25) is 0 Å². The molecule has 0 spiro atoms. The van der Waals surface area contributed by atoms with E-state index in [-0.39, 0.29) is 17.1 Å². The highest BCUT2D eigenvalue weighted by Crippen LogP contribution is 2.33. The molecule has 0 bridgehead atoms. The Labute approximate surface area is 166 Å². The number of anilines is 2. The molecule has 3 aromatic rings.